The van der Waals surface area contributed by atoms with Crippen molar-refractivity contribution in [3.63, 3.8) is 0 Å². The molecule has 0 saturated carbocycles. The Kier molecular flexibility index (Phi) is 23.0. The van der Waals surface area contributed by atoms with Crippen molar-refractivity contribution in [3.05, 3.63) is 47.0 Å². The number of benzene rings is 1. The van der Waals surface area contributed by atoms with Crippen molar-refractivity contribution in [1.82, 2.24) is 0 Å². The van der Waals surface area contributed by atoms with Crippen LogP contribution in [0.15, 0.2) is 24.8 Å². The van der Waals surface area contributed by atoms with Crippen molar-refractivity contribution in [2.45, 2.75) is 81.6 Å². The Morgan fingerprint density at radius 1 is 0.864 bits per heavy atom. The van der Waals surface area contributed by atoms with Crippen LogP contribution < -0.4 is 0 Å². The van der Waals surface area contributed by atoms with Crippen molar-refractivity contribution < 1.29 is 0 Å². The Morgan fingerprint density at radius 2 is 1.36 bits per heavy atom. The molecule has 0 aromatic heterocycles. The van der Waals surface area contributed by atoms with E-state index in [9.17, 15) is 0 Å². The molecule has 1 aromatic carbocycles. The summed E-state index contributed by atoms with van der Waals surface area (Å²) in [6.45, 7) is 22.4. The molecule has 22 heavy (non-hydrogen) atoms. The molecule has 0 heterocycles. The van der Waals surface area contributed by atoms with Gasteiger partial charge >= 0.3 is 0 Å². The molecule has 128 valence electrons. The van der Waals surface area contributed by atoms with E-state index in [0.717, 1.165) is 12.8 Å². The van der Waals surface area contributed by atoms with Crippen molar-refractivity contribution in [3.8, 4) is 0 Å². The van der Waals surface area contributed by atoms with Gasteiger partial charge < -0.3 is 0 Å². The summed E-state index contributed by atoms with van der Waals surface area (Å²) in [7, 11) is 0. The first-order valence-electron chi connectivity index (χ1n) is 9.18. The first-order chi connectivity index (χ1) is 10.8. The SMILES string of the molecule is C=Cc1ccc(/C=C\C)c(CC)c1CCC.CC.CC.CC. The van der Waals surface area contributed by atoms with Crippen LogP contribution in [0.4, 0.5) is 0 Å². The van der Waals surface area contributed by atoms with Gasteiger partial charge in [-0.25, -0.2) is 0 Å². The summed E-state index contributed by atoms with van der Waals surface area (Å²) in [6, 6.07) is 4.39. The molecule has 0 spiro atoms. The molecule has 0 amide bonds. The van der Waals surface area contributed by atoms with E-state index in [0.29, 0.717) is 0 Å². The van der Waals surface area contributed by atoms with Crippen molar-refractivity contribution in [2.24, 2.45) is 0 Å². The van der Waals surface area contributed by atoms with E-state index in [4.69, 9.17) is 0 Å². The molecule has 0 heteroatoms. The fourth-order valence-corrected chi connectivity index (χ4v) is 2.22. The van der Waals surface area contributed by atoms with Crippen LogP contribution in [0.3, 0.4) is 0 Å². The minimum Gasteiger partial charge on any atom is -0.0985 e. The molecule has 0 N–H and O–H groups in total. The molecule has 0 fully saturated rings. The van der Waals surface area contributed by atoms with Gasteiger partial charge in [0.05, 0.1) is 0 Å². The summed E-state index contributed by atoms with van der Waals surface area (Å²) in [5.74, 6) is 0. The van der Waals surface area contributed by atoms with E-state index in [1.807, 2.05) is 47.6 Å². The monoisotopic (exact) mass is 304 g/mol. The average Bonchev–Trinajstić information content (AvgIpc) is 2.61. The molecule has 0 aliphatic carbocycles. The quantitative estimate of drug-likeness (QED) is 0.517. The predicted octanol–water partition coefficient (Wildman–Crippen LogP) is 7.96. The Morgan fingerprint density at radius 3 is 1.73 bits per heavy atom. The first-order valence-corrected chi connectivity index (χ1v) is 9.18. The van der Waals surface area contributed by atoms with Gasteiger partial charge in [0.2, 0.25) is 0 Å². The smallest absolute Gasteiger partial charge is 0.0225 e. The zero-order valence-electron chi connectivity index (χ0n) is 16.7. The average molecular weight is 305 g/mol. The maximum atomic E-state index is 3.91. The highest BCUT2D eigenvalue weighted by atomic mass is 14.1. The molecular weight excluding hydrogens is 264 g/mol. The van der Waals surface area contributed by atoms with Gasteiger partial charge in [-0.15, -0.1) is 0 Å². The number of allylic oxidation sites excluding steroid dienone is 1. The minimum absolute atomic E-state index is 1.09. The van der Waals surface area contributed by atoms with Crippen LogP contribution >= 0.6 is 0 Å². The lowest BCUT2D eigenvalue weighted by atomic mass is 9.91. The second-order valence-corrected chi connectivity index (χ2v) is 4.01. The Hall–Kier alpha value is -1.30. The predicted molar refractivity (Wildman–Crippen MR) is 109 cm³/mol. The molecule has 0 nitrogen and oxygen atoms in total. The lowest BCUT2D eigenvalue weighted by molar-refractivity contribution is 0.895. The zero-order valence-corrected chi connectivity index (χ0v) is 16.7. The van der Waals surface area contributed by atoms with E-state index in [2.05, 4.69) is 51.6 Å². The van der Waals surface area contributed by atoms with Crippen molar-refractivity contribution in [2.75, 3.05) is 0 Å². The lowest BCUT2D eigenvalue weighted by Gasteiger charge is -2.14. The van der Waals surface area contributed by atoms with E-state index >= 15 is 0 Å². The Labute approximate surface area is 141 Å². The van der Waals surface area contributed by atoms with Crippen molar-refractivity contribution >= 4 is 12.2 Å². The van der Waals surface area contributed by atoms with Crippen LogP contribution in [-0.2, 0) is 12.8 Å². The third-order valence-electron chi connectivity index (χ3n) is 2.92. The lowest BCUT2D eigenvalue weighted by Crippen LogP contribution is -1.99. The number of hydrogen-bond donors (Lipinski definition) is 0. The van der Waals surface area contributed by atoms with Crippen LogP contribution in [0.5, 0.6) is 0 Å². The standard InChI is InChI=1S/C16H22.3C2H6/c1-5-9-14-12-11-13(7-3)16(10-6-2)15(14)8-4;3*1-2/h5,7,9,11-12H,3,6,8,10H2,1-2,4H3;3*1-2H3/b9-5-;;;. The molecule has 0 bridgehead atoms. The molecule has 0 unspecified atom stereocenters. The second kappa shape index (κ2) is 19.7. The molecule has 0 atom stereocenters. The van der Waals surface area contributed by atoms with Gasteiger partial charge in [-0.05, 0) is 42.0 Å². The summed E-state index contributed by atoms with van der Waals surface area (Å²) in [4.78, 5) is 0. The summed E-state index contributed by atoms with van der Waals surface area (Å²) in [6.07, 6.45) is 9.71. The van der Waals surface area contributed by atoms with Crippen LogP contribution in [0.1, 0.15) is 91.0 Å². The van der Waals surface area contributed by atoms with Gasteiger partial charge in [-0.3, -0.25) is 0 Å². The number of rotatable bonds is 5. The van der Waals surface area contributed by atoms with Gasteiger partial charge in [-0.1, -0.05) is 98.8 Å². The van der Waals surface area contributed by atoms with Gasteiger partial charge in [-0.2, -0.15) is 0 Å². The Balaban J connectivity index is -0.000000535. The highest BCUT2D eigenvalue weighted by Gasteiger charge is 2.07. The van der Waals surface area contributed by atoms with E-state index < -0.39 is 0 Å². The summed E-state index contributed by atoms with van der Waals surface area (Å²) >= 11 is 0. The summed E-state index contributed by atoms with van der Waals surface area (Å²) in [5.41, 5.74) is 5.62. The molecule has 0 saturated heterocycles. The highest BCUT2D eigenvalue weighted by Crippen LogP contribution is 2.23. The van der Waals surface area contributed by atoms with Gasteiger partial charge in [0.1, 0.15) is 0 Å². The third-order valence-corrected chi connectivity index (χ3v) is 2.92. The zero-order chi connectivity index (χ0) is 18.0. The van der Waals surface area contributed by atoms with Crippen LogP contribution in [0, 0.1) is 0 Å². The minimum atomic E-state index is 1.09. The fourth-order valence-electron chi connectivity index (χ4n) is 2.22. The molecule has 0 radical (unpaired) electrons. The van der Waals surface area contributed by atoms with Gasteiger partial charge in [0, 0.05) is 0 Å². The van der Waals surface area contributed by atoms with Gasteiger partial charge in [0.25, 0.3) is 0 Å². The maximum absolute atomic E-state index is 3.91. The van der Waals surface area contributed by atoms with E-state index in [-0.39, 0.29) is 0 Å². The van der Waals surface area contributed by atoms with Gasteiger partial charge in [0.15, 0.2) is 0 Å². The summed E-state index contributed by atoms with van der Waals surface area (Å²) in [5, 5.41) is 0. The third kappa shape index (κ3) is 8.87. The first kappa shape index (κ1) is 25.6. The molecule has 0 aliphatic rings. The van der Waals surface area contributed by atoms with Crippen LogP contribution in [0.25, 0.3) is 12.2 Å². The molecule has 1 aromatic rings. The summed E-state index contributed by atoms with van der Waals surface area (Å²) < 4.78 is 0. The Bertz CT molecular complexity index is 383. The van der Waals surface area contributed by atoms with Crippen LogP contribution in [-0.4, -0.2) is 0 Å². The largest absolute Gasteiger partial charge is 0.0985 e. The maximum Gasteiger partial charge on any atom is -0.0225 e. The molecule has 0 aliphatic heterocycles. The second-order valence-electron chi connectivity index (χ2n) is 4.01. The number of hydrogen-bond acceptors (Lipinski definition) is 0. The normalized spacial score (nSPS) is 8.77. The van der Waals surface area contributed by atoms with E-state index in [1.54, 1.807) is 0 Å². The topological polar surface area (TPSA) is 0 Å². The van der Waals surface area contributed by atoms with Crippen LogP contribution in [0.2, 0.25) is 0 Å². The molecule has 1 rings (SSSR count). The highest BCUT2D eigenvalue weighted by molar-refractivity contribution is 5.63. The van der Waals surface area contributed by atoms with E-state index in [1.165, 1.54) is 28.7 Å². The molecular formula is C22H40. The van der Waals surface area contributed by atoms with Crippen molar-refractivity contribution in [1.29, 1.82) is 0 Å². The fraction of sp³-hybridized carbons (Fsp3) is 0.545.